The number of aromatic nitrogens is 5. The number of aryl methyl sites for hydroxylation is 1. The summed E-state index contributed by atoms with van der Waals surface area (Å²) in [5.74, 6) is 1.04. The van der Waals surface area contributed by atoms with Crippen LogP contribution in [0.15, 0.2) is 24.3 Å². The van der Waals surface area contributed by atoms with Crippen LogP contribution in [0.25, 0.3) is 33.6 Å². The minimum absolute atomic E-state index is 0.00333. The zero-order valence-electron chi connectivity index (χ0n) is 14.7. The summed E-state index contributed by atoms with van der Waals surface area (Å²) in [6.45, 7) is 2.73. The van der Waals surface area contributed by atoms with Crippen LogP contribution in [-0.4, -0.2) is 24.5 Å². The standard InChI is InChI=1S/C19H16N8/c1-2-3-8-27-17(22)15(18-24-11-6-4-5-7-12(11)25-18)16-19(27)26-14(10-21)13(9-20)23-16/h4-7H,2-3,8,22H2,1H3,(H,24,25). The average molecular weight is 356 g/mol. The van der Waals surface area contributed by atoms with Crippen LogP contribution in [0.4, 0.5) is 5.82 Å². The molecule has 0 unspecified atom stereocenters. The molecule has 0 saturated heterocycles. The van der Waals surface area contributed by atoms with Crippen LogP contribution in [0, 0.1) is 22.7 Å². The van der Waals surface area contributed by atoms with Crippen LogP contribution in [0.1, 0.15) is 31.2 Å². The summed E-state index contributed by atoms with van der Waals surface area (Å²) in [6, 6.07) is 11.5. The van der Waals surface area contributed by atoms with Crippen molar-refractivity contribution in [3.63, 3.8) is 0 Å². The first kappa shape index (κ1) is 16.6. The summed E-state index contributed by atoms with van der Waals surface area (Å²) in [7, 11) is 0. The lowest BCUT2D eigenvalue weighted by atomic mass is 10.2. The van der Waals surface area contributed by atoms with Crippen molar-refractivity contribution in [1.82, 2.24) is 24.5 Å². The second-order valence-corrected chi connectivity index (χ2v) is 6.18. The van der Waals surface area contributed by atoms with E-state index < -0.39 is 0 Å². The van der Waals surface area contributed by atoms with E-state index in [1.807, 2.05) is 41.0 Å². The monoisotopic (exact) mass is 356 g/mol. The van der Waals surface area contributed by atoms with Gasteiger partial charge in [-0.1, -0.05) is 25.5 Å². The highest BCUT2D eigenvalue weighted by molar-refractivity contribution is 5.98. The van der Waals surface area contributed by atoms with Gasteiger partial charge in [0.1, 0.15) is 29.3 Å². The SMILES string of the molecule is CCCCn1c(N)c(-c2nc3ccccc3[nH]2)c2nc(C#N)c(C#N)nc21. The Morgan fingerprint density at radius 1 is 1.11 bits per heavy atom. The first-order valence-corrected chi connectivity index (χ1v) is 8.63. The fourth-order valence-corrected chi connectivity index (χ4v) is 3.16. The number of para-hydroxylation sites is 2. The number of imidazole rings is 1. The molecule has 3 aromatic heterocycles. The third-order valence-electron chi connectivity index (χ3n) is 4.49. The van der Waals surface area contributed by atoms with Gasteiger partial charge in [0.2, 0.25) is 0 Å². The summed E-state index contributed by atoms with van der Waals surface area (Å²) in [5.41, 5.74) is 9.68. The number of nitrogen functional groups attached to an aromatic ring is 1. The van der Waals surface area contributed by atoms with Gasteiger partial charge >= 0.3 is 0 Å². The van der Waals surface area contributed by atoms with Crippen molar-refractivity contribution in [2.45, 2.75) is 26.3 Å². The van der Waals surface area contributed by atoms with Crippen LogP contribution in [-0.2, 0) is 6.54 Å². The predicted octanol–water partition coefficient (Wildman–Crippen LogP) is 3.10. The van der Waals surface area contributed by atoms with Crippen molar-refractivity contribution >= 4 is 28.0 Å². The number of hydrogen-bond donors (Lipinski definition) is 2. The summed E-state index contributed by atoms with van der Waals surface area (Å²) < 4.78 is 1.84. The highest BCUT2D eigenvalue weighted by Crippen LogP contribution is 2.35. The van der Waals surface area contributed by atoms with Crippen LogP contribution < -0.4 is 5.73 Å². The quantitative estimate of drug-likeness (QED) is 0.577. The molecule has 0 amide bonds. The second kappa shape index (κ2) is 6.43. The molecule has 8 heteroatoms. The van der Waals surface area contributed by atoms with E-state index in [-0.39, 0.29) is 11.4 Å². The fraction of sp³-hybridized carbons (Fsp3) is 0.211. The Morgan fingerprint density at radius 3 is 2.56 bits per heavy atom. The van der Waals surface area contributed by atoms with E-state index >= 15 is 0 Å². The van der Waals surface area contributed by atoms with E-state index in [4.69, 9.17) is 5.73 Å². The number of anilines is 1. The minimum Gasteiger partial charge on any atom is -0.384 e. The lowest BCUT2D eigenvalue weighted by Gasteiger charge is -2.06. The van der Waals surface area contributed by atoms with E-state index in [2.05, 4.69) is 26.9 Å². The van der Waals surface area contributed by atoms with Crippen molar-refractivity contribution < 1.29 is 0 Å². The van der Waals surface area contributed by atoms with Gasteiger partial charge < -0.3 is 15.3 Å². The fourth-order valence-electron chi connectivity index (χ4n) is 3.16. The number of hydrogen-bond acceptors (Lipinski definition) is 6. The average Bonchev–Trinajstić information content (AvgIpc) is 3.22. The summed E-state index contributed by atoms with van der Waals surface area (Å²) >= 11 is 0. The first-order chi connectivity index (χ1) is 13.2. The van der Waals surface area contributed by atoms with Gasteiger partial charge in [-0.05, 0) is 18.6 Å². The van der Waals surface area contributed by atoms with Gasteiger partial charge in [-0.15, -0.1) is 0 Å². The topological polar surface area (TPSA) is 133 Å². The predicted molar refractivity (Wildman–Crippen MR) is 101 cm³/mol. The van der Waals surface area contributed by atoms with Gasteiger partial charge in [0.05, 0.1) is 16.6 Å². The Kier molecular flexibility index (Phi) is 3.94. The number of aromatic amines is 1. The van der Waals surface area contributed by atoms with Crippen LogP contribution in [0.5, 0.6) is 0 Å². The molecule has 0 aliphatic carbocycles. The van der Waals surface area contributed by atoms with Gasteiger partial charge in [0.15, 0.2) is 17.0 Å². The van der Waals surface area contributed by atoms with Crippen molar-refractivity contribution in [2.24, 2.45) is 0 Å². The van der Waals surface area contributed by atoms with Crippen molar-refractivity contribution in [3.8, 4) is 23.5 Å². The number of unbranched alkanes of at least 4 members (excludes halogenated alkanes) is 1. The summed E-state index contributed by atoms with van der Waals surface area (Å²) in [5, 5.41) is 18.6. The largest absolute Gasteiger partial charge is 0.384 e. The van der Waals surface area contributed by atoms with E-state index in [0.29, 0.717) is 34.9 Å². The maximum Gasteiger partial charge on any atom is 0.179 e. The maximum absolute atomic E-state index is 9.34. The molecule has 0 aliphatic rings. The van der Waals surface area contributed by atoms with Crippen LogP contribution >= 0.6 is 0 Å². The number of nitrogens with zero attached hydrogens (tertiary/aromatic N) is 6. The van der Waals surface area contributed by atoms with Crippen LogP contribution in [0.3, 0.4) is 0 Å². The third-order valence-corrected chi connectivity index (χ3v) is 4.49. The Hall–Kier alpha value is -3.91. The molecule has 8 nitrogen and oxygen atoms in total. The van der Waals surface area contributed by atoms with Gasteiger partial charge in [-0.25, -0.2) is 15.0 Å². The first-order valence-electron chi connectivity index (χ1n) is 8.63. The smallest absolute Gasteiger partial charge is 0.179 e. The molecule has 27 heavy (non-hydrogen) atoms. The third kappa shape index (κ3) is 2.55. The van der Waals surface area contributed by atoms with Crippen molar-refractivity contribution in [2.75, 3.05) is 5.73 Å². The molecule has 3 heterocycles. The highest BCUT2D eigenvalue weighted by Gasteiger charge is 2.23. The molecular formula is C19H16N8. The van der Waals surface area contributed by atoms with E-state index in [0.717, 1.165) is 23.9 Å². The molecule has 0 spiro atoms. The molecule has 0 saturated carbocycles. The van der Waals surface area contributed by atoms with Crippen LogP contribution in [0.2, 0.25) is 0 Å². The second-order valence-electron chi connectivity index (χ2n) is 6.18. The number of nitrogens with one attached hydrogen (secondary N) is 1. The lowest BCUT2D eigenvalue weighted by molar-refractivity contribution is 0.652. The molecule has 1 aromatic carbocycles. The zero-order valence-corrected chi connectivity index (χ0v) is 14.7. The van der Waals surface area contributed by atoms with Gasteiger partial charge in [-0.3, -0.25) is 0 Å². The van der Waals surface area contributed by atoms with Gasteiger partial charge in [0.25, 0.3) is 0 Å². The number of nitrogens with two attached hydrogens (primary N) is 1. The summed E-state index contributed by atoms with van der Waals surface area (Å²) in [6.07, 6.45) is 1.88. The molecule has 4 rings (SSSR count). The van der Waals surface area contributed by atoms with Crippen molar-refractivity contribution in [3.05, 3.63) is 35.7 Å². The molecule has 0 fully saturated rings. The van der Waals surface area contributed by atoms with E-state index in [9.17, 15) is 10.5 Å². The Morgan fingerprint density at radius 2 is 1.85 bits per heavy atom. The van der Waals surface area contributed by atoms with Gasteiger partial charge in [0, 0.05) is 6.54 Å². The van der Waals surface area contributed by atoms with E-state index in [1.54, 1.807) is 0 Å². The molecule has 0 aliphatic heterocycles. The highest BCUT2D eigenvalue weighted by atomic mass is 15.1. The van der Waals surface area contributed by atoms with E-state index in [1.165, 1.54) is 0 Å². The maximum atomic E-state index is 9.34. The summed E-state index contributed by atoms with van der Waals surface area (Å²) in [4.78, 5) is 16.6. The molecular weight excluding hydrogens is 340 g/mol. The zero-order chi connectivity index (χ0) is 19.0. The molecule has 132 valence electrons. The Labute approximate surface area is 154 Å². The van der Waals surface area contributed by atoms with Gasteiger partial charge in [-0.2, -0.15) is 10.5 Å². The lowest BCUT2D eigenvalue weighted by Crippen LogP contribution is -2.05. The number of H-pyrrole nitrogens is 1. The van der Waals surface area contributed by atoms with Crippen molar-refractivity contribution in [1.29, 1.82) is 10.5 Å². The number of nitriles is 2. The Bertz CT molecular complexity index is 1220. The molecule has 0 radical (unpaired) electrons. The number of rotatable bonds is 4. The Balaban J connectivity index is 2.05. The minimum atomic E-state index is -0.0185. The molecule has 0 atom stereocenters. The molecule has 4 aromatic rings. The normalized spacial score (nSPS) is 10.9. The number of benzene rings is 1. The molecule has 0 bridgehead atoms. The number of fused-ring (bicyclic) bond motifs is 2. The molecule has 3 N–H and O–H groups in total.